The Balaban J connectivity index is 1.32. The zero-order valence-corrected chi connectivity index (χ0v) is 21.3. The fraction of sp³-hybridized carbons (Fsp3) is 0.143. The molecule has 0 spiro atoms. The van der Waals surface area contributed by atoms with Crippen LogP contribution in [0.5, 0.6) is 0 Å². The first-order chi connectivity index (χ1) is 18.1. The fourth-order valence-corrected chi connectivity index (χ4v) is 5.82. The van der Waals surface area contributed by atoms with Crippen LogP contribution < -0.4 is 10.5 Å². The molecule has 2 aromatic heterocycles. The first kappa shape index (κ1) is 23.5. The molecule has 6 rings (SSSR count). The third-order valence-corrected chi connectivity index (χ3v) is 7.75. The van der Waals surface area contributed by atoms with E-state index < -0.39 is 0 Å². The van der Waals surface area contributed by atoms with Crippen molar-refractivity contribution in [3.8, 4) is 5.69 Å². The summed E-state index contributed by atoms with van der Waals surface area (Å²) >= 11 is 7.51. The minimum atomic E-state index is -0.294. The first-order valence-electron chi connectivity index (χ1n) is 11.9. The number of nitrogens with zero attached hydrogens (tertiary/aromatic N) is 5. The number of carbonyl (C=O) groups excluding carboxylic acids is 1. The summed E-state index contributed by atoms with van der Waals surface area (Å²) in [6.45, 7) is 0.455. The minimum absolute atomic E-state index is 0.0441. The van der Waals surface area contributed by atoms with Crippen LogP contribution in [0.2, 0.25) is 5.02 Å². The molecule has 0 fully saturated rings. The number of hydrogen-bond acceptors (Lipinski definition) is 5. The molecule has 184 valence electrons. The summed E-state index contributed by atoms with van der Waals surface area (Å²) in [6, 6.07) is 26.5. The van der Waals surface area contributed by atoms with Crippen LogP contribution in [-0.4, -0.2) is 31.0 Å². The molecule has 0 saturated heterocycles. The Hall–Kier alpha value is -3.88. The van der Waals surface area contributed by atoms with Gasteiger partial charge in [-0.15, -0.1) is 0 Å². The Kier molecular flexibility index (Phi) is 6.28. The van der Waals surface area contributed by atoms with Crippen LogP contribution in [0.15, 0.2) is 101 Å². The highest BCUT2D eigenvalue weighted by atomic mass is 35.5. The van der Waals surface area contributed by atoms with E-state index >= 15 is 0 Å². The van der Waals surface area contributed by atoms with Gasteiger partial charge in [-0.2, -0.15) is 5.10 Å². The maximum absolute atomic E-state index is 13.7. The topological polar surface area (TPSA) is 73.0 Å². The molecule has 3 aromatic carbocycles. The van der Waals surface area contributed by atoms with E-state index in [9.17, 15) is 9.59 Å². The van der Waals surface area contributed by atoms with Crippen molar-refractivity contribution >= 4 is 46.0 Å². The summed E-state index contributed by atoms with van der Waals surface area (Å²) in [5.41, 5.74) is 2.94. The number of aromatic nitrogens is 4. The zero-order chi connectivity index (χ0) is 25.4. The lowest BCUT2D eigenvalue weighted by Gasteiger charge is -2.25. The van der Waals surface area contributed by atoms with E-state index in [1.54, 1.807) is 32.5 Å². The Morgan fingerprint density at radius 3 is 2.43 bits per heavy atom. The summed E-state index contributed by atoms with van der Waals surface area (Å²) in [7, 11) is 0. The molecule has 0 N–H and O–H groups in total. The first-order valence-corrected chi connectivity index (χ1v) is 13.2. The van der Waals surface area contributed by atoms with Gasteiger partial charge in [0.15, 0.2) is 10.8 Å². The predicted molar refractivity (Wildman–Crippen MR) is 147 cm³/mol. The van der Waals surface area contributed by atoms with Crippen molar-refractivity contribution in [2.45, 2.75) is 24.2 Å². The third-order valence-electron chi connectivity index (χ3n) is 6.40. The van der Waals surface area contributed by atoms with Gasteiger partial charge in [0.05, 0.1) is 24.5 Å². The maximum Gasteiger partial charge on any atom is 0.265 e. The van der Waals surface area contributed by atoms with Crippen molar-refractivity contribution < 1.29 is 4.79 Å². The number of rotatable bonds is 6. The normalized spacial score (nSPS) is 14.6. The molecule has 0 bridgehead atoms. The van der Waals surface area contributed by atoms with Gasteiger partial charge in [-0.25, -0.2) is 9.67 Å². The van der Waals surface area contributed by atoms with E-state index in [0.29, 0.717) is 33.5 Å². The minimum Gasteiger partial charge on any atom is -0.308 e. The number of fused-ring (bicyclic) bond motifs is 2. The fourth-order valence-electron chi connectivity index (χ4n) is 4.56. The Morgan fingerprint density at radius 1 is 1.00 bits per heavy atom. The van der Waals surface area contributed by atoms with Crippen LogP contribution in [0.25, 0.3) is 16.7 Å². The Bertz CT molecular complexity index is 1640. The third kappa shape index (κ3) is 4.54. The second-order valence-corrected chi connectivity index (χ2v) is 10.2. The number of halogens is 1. The number of anilines is 1. The summed E-state index contributed by atoms with van der Waals surface area (Å²) in [5.74, 6) is 0.556. The molecule has 1 unspecified atom stereocenters. The van der Waals surface area contributed by atoms with E-state index in [1.807, 2.05) is 72.8 Å². The number of amides is 1. The summed E-state index contributed by atoms with van der Waals surface area (Å²) in [5, 5.41) is 6.05. The number of carbonyl (C=O) groups is 1. The molecule has 7 nitrogen and oxygen atoms in total. The van der Waals surface area contributed by atoms with Crippen molar-refractivity contribution in [2.75, 3.05) is 10.7 Å². The molecule has 1 amide bonds. The average molecular weight is 528 g/mol. The molecule has 37 heavy (non-hydrogen) atoms. The van der Waals surface area contributed by atoms with Crippen LogP contribution in [0.1, 0.15) is 18.0 Å². The Morgan fingerprint density at radius 2 is 1.70 bits per heavy atom. The largest absolute Gasteiger partial charge is 0.308 e. The van der Waals surface area contributed by atoms with Crippen LogP contribution in [0.4, 0.5) is 5.69 Å². The Labute approximate surface area is 222 Å². The lowest BCUT2D eigenvalue weighted by molar-refractivity contribution is -0.119. The standard InChI is InChI=1S/C28H22ClN5O2S/c29-20-11-13-22(14-12-20)34-26-24(16-30-34)27(36)33-23(18-37-28(33)31-26)15-25(35)32(21-9-5-2-6-10-21)17-19-7-3-1-4-8-19/h1-14,16,23H,15,17-18H2. The summed E-state index contributed by atoms with van der Waals surface area (Å²) in [4.78, 5) is 33.8. The van der Waals surface area contributed by atoms with Crippen LogP contribution >= 0.6 is 23.4 Å². The van der Waals surface area contributed by atoms with E-state index in [4.69, 9.17) is 16.6 Å². The lowest BCUT2D eigenvalue weighted by Crippen LogP contribution is -2.34. The molecule has 1 atom stereocenters. The number of benzene rings is 3. The molecular weight excluding hydrogens is 506 g/mol. The second-order valence-electron chi connectivity index (χ2n) is 8.81. The van der Waals surface area contributed by atoms with Gasteiger partial charge in [0.1, 0.15) is 5.39 Å². The highest BCUT2D eigenvalue weighted by molar-refractivity contribution is 7.99. The van der Waals surface area contributed by atoms with Gasteiger partial charge in [0.2, 0.25) is 5.91 Å². The molecular formula is C28H22ClN5O2S. The second kappa shape index (κ2) is 9.88. The van der Waals surface area contributed by atoms with E-state index in [1.165, 1.54) is 11.8 Å². The van der Waals surface area contributed by atoms with E-state index in [0.717, 1.165) is 16.9 Å². The van der Waals surface area contributed by atoms with Crippen LogP contribution in [0, 0.1) is 0 Å². The lowest BCUT2D eigenvalue weighted by atomic mass is 10.1. The summed E-state index contributed by atoms with van der Waals surface area (Å²) < 4.78 is 3.30. The van der Waals surface area contributed by atoms with Gasteiger partial charge in [-0.3, -0.25) is 14.2 Å². The highest BCUT2D eigenvalue weighted by Gasteiger charge is 2.31. The molecule has 1 aliphatic rings. The van der Waals surface area contributed by atoms with Crippen molar-refractivity contribution in [3.05, 3.63) is 112 Å². The molecule has 0 saturated carbocycles. The van der Waals surface area contributed by atoms with Crippen molar-refractivity contribution in [1.29, 1.82) is 0 Å². The molecule has 5 aromatic rings. The van der Waals surface area contributed by atoms with Crippen molar-refractivity contribution in [2.24, 2.45) is 0 Å². The van der Waals surface area contributed by atoms with Gasteiger partial charge in [-0.1, -0.05) is 71.9 Å². The highest BCUT2D eigenvalue weighted by Crippen LogP contribution is 2.34. The van der Waals surface area contributed by atoms with Crippen LogP contribution in [0.3, 0.4) is 0 Å². The van der Waals surface area contributed by atoms with Crippen molar-refractivity contribution in [1.82, 2.24) is 19.3 Å². The molecule has 3 heterocycles. The van der Waals surface area contributed by atoms with Gasteiger partial charge < -0.3 is 4.90 Å². The van der Waals surface area contributed by atoms with Crippen LogP contribution in [-0.2, 0) is 11.3 Å². The molecule has 0 radical (unpaired) electrons. The zero-order valence-electron chi connectivity index (χ0n) is 19.7. The van der Waals surface area contributed by atoms with E-state index in [2.05, 4.69) is 5.10 Å². The van der Waals surface area contributed by atoms with Gasteiger partial charge in [0, 0.05) is 22.9 Å². The maximum atomic E-state index is 13.7. The monoisotopic (exact) mass is 527 g/mol. The number of thioether (sulfide) groups is 1. The number of para-hydroxylation sites is 1. The van der Waals surface area contributed by atoms with Gasteiger partial charge >= 0.3 is 0 Å². The van der Waals surface area contributed by atoms with Crippen molar-refractivity contribution in [3.63, 3.8) is 0 Å². The SMILES string of the molecule is O=C(CC1CSc2nc3c(cnn3-c3ccc(Cl)cc3)c(=O)n21)N(Cc1ccccc1)c1ccccc1. The quantitative estimate of drug-likeness (QED) is 0.272. The smallest absolute Gasteiger partial charge is 0.265 e. The number of hydrogen-bond donors (Lipinski definition) is 0. The molecule has 1 aliphatic heterocycles. The predicted octanol–water partition coefficient (Wildman–Crippen LogP) is 5.51. The summed E-state index contributed by atoms with van der Waals surface area (Å²) in [6.07, 6.45) is 1.74. The molecule has 0 aliphatic carbocycles. The van der Waals surface area contributed by atoms with Gasteiger partial charge in [-0.05, 0) is 42.0 Å². The van der Waals surface area contributed by atoms with E-state index in [-0.39, 0.29) is 23.9 Å². The average Bonchev–Trinajstić information content (AvgIpc) is 3.54. The molecule has 9 heteroatoms. The van der Waals surface area contributed by atoms with Gasteiger partial charge in [0.25, 0.3) is 5.56 Å².